The molecule has 9 nitrogen and oxygen atoms in total. The molecule has 2 aliphatic rings. The summed E-state index contributed by atoms with van der Waals surface area (Å²) in [6.07, 6.45) is 4.33. The van der Waals surface area contributed by atoms with Gasteiger partial charge in [-0.15, -0.1) is 0 Å². The van der Waals surface area contributed by atoms with Crippen molar-refractivity contribution in [3.63, 3.8) is 0 Å². The van der Waals surface area contributed by atoms with Crippen molar-refractivity contribution in [1.82, 2.24) is 9.80 Å². The van der Waals surface area contributed by atoms with Gasteiger partial charge in [-0.1, -0.05) is 44.9 Å². The van der Waals surface area contributed by atoms with Gasteiger partial charge in [0.25, 0.3) is 0 Å². The highest BCUT2D eigenvalue weighted by Gasteiger charge is 2.48. The van der Waals surface area contributed by atoms with E-state index in [-0.39, 0.29) is 25.2 Å². The van der Waals surface area contributed by atoms with Crippen LogP contribution in [0.5, 0.6) is 23.0 Å². The van der Waals surface area contributed by atoms with E-state index in [1.807, 2.05) is 41.3 Å². The van der Waals surface area contributed by atoms with Gasteiger partial charge in [0, 0.05) is 31.6 Å². The van der Waals surface area contributed by atoms with E-state index in [1.165, 1.54) is 0 Å². The van der Waals surface area contributed by atoms with Crippen molar-refractivity contribution in [1.29, 1.82) is 0 Å². The van der Waals surface area contributed by atoms with E-state index in [4.69, 9.17) is 18.9 Å². The fourth-order valence-electron chi connectivity index (χ4n) is 5.88. The van der Waals surface area contributed by atoms with Crippen molar-refractivity contribution in [2.75, 3.05) is 47.2 Å². The number of benzene rings is 2. The Labute approximate surface area is 237 Å². The summed E-state index contributed by atoms with van der Waals surface area (Å²) in [5.74, 6) is 0.283. The fraction of sp³-hybridized carbons (Fsp3) is 0.548. The molecule has 1 N–H and O–H groups in total. The zero-order chi connectivity index (χ0) is 28.6. The first-order chi connectivity index (χ1) is 19.4. The summed E-state index contributed by atoms with van der Waals surface area (Å²) in [6.45, 7) is 6.33. The second kappa shape index (κ2) is 13.7. The monoisotopic (exact) mass is 554 g/mol. The van der Waals surface area contributed by atoms with Crippen LogP contribution in [0.1, 0.15) is 56.6 Å². The first-order valence-electron chi connectivity index (χ1n) is 14.3. The van der Waals surface area contributed by atoms with E-state index >= 15 is 0 Å². The van der Waals surface area contributed by atoms with Crippen molar-refractivity contribution in [2.24, 2.45) is 5.92 Å². The number of nitrogens with zero attached hydrogens (tertiary/aromatic N) is 2. The Morgan fingerprint density at radius 1 is 1.02 bits per heavy atom. The summed E-state index contributed by atoms with van der Waals surface area (Å²) in [5.41, 5.74) is 1.71. The van der Waals surface area contributed by atoms with Crippen LogP contribution in [-0.2, 0) is 16.0 Å². The van der Waals surface area contributed by atoms with Crippen LogP contribution in [0.15, 0.2) is 36.4 Å². The minimum absolute atomic E-state index is 0.0417. The summed E-state index contributed by atoms with van der Waals surface area (Å²) < 4.78 is 22.4. The SMILES string of the molecule is CCCCN(CCCC)C(=O)CN1C[C@H](c2cc(OC)c3c(c2)OCO3)[C@@H](C(=O)O)[C@@H]1Cc1ccccc1OC. The maximum atomic E-state index is 13.7. The highest BCUT2D eigenvalue weighted by atomic mass is 16.7. The number of hydrogen-bond acceptors (Lipinski definition) is 7. The molecule has 2 aromatic rings. The third kappa shape index (κ3) is 6.46. The third-order valence-corrected chi connectivity index (χ3v) is 8.02. The molecule has 0 aromatic heterocycles. The molecule has 218 valence electrons. The summed E-state index contributed by atoms with van der Waals surface area (Å²) in [7, 11) is 3.17. The number of fused-ring (bicyclic) bond motifs is 1. The van der Waals surface area contributed by atoms with Crippen LogP contribution in [0.4, 0.5) is 0 Å². The van der Waals surface area contributed by atoms with Crippen molar-refractivity contribution in [3.05, 3.63) is 47.5 Å². The minimum Gasteiger partial charge on any atom is -0.496 e. The maximum absolute atomic E-state index is 13.7. The predicted octanol–water partition coefficient (Wildman–Crippen LogP) is 4.57. The Morgan fingerprint density at radius 2 is 1.73 bits per heavy atom. The molecule has 0 aliphatic carbocycles. The van der Waals surface area contributed by atoms with Gasteiger partial charge in [-0.25, -0.2) is 0 Å². The number of carbonyl (C=O) groups excluding carboxylic acids is 1. The average Bonchev–Trinajstić information content (AvgIpc) is 3.57. The Morgan fingerprint density at radius 3 is 2.38 bits per heavy atom. The topological polar surface area (TPSA) is 97.8 Å². The number of para-hydroxylation sites is 1. The zero-order valence-electron chi connectivity index (χ0n) is 24.1. The van der Waals surface area contributed by atoms with Crippen LogP contribution in [0.2, 0.25) is 0 Å². The summed E-state index contributed by atoms with van der Waals surface area (Å²) in [5, 5.41) is 10.6. The number of aliphatic carboxylic acids is 1. The van der Waals surface area contributed by atoms with Crippen LogP contribution in [-0.4, -0.2) is 80.0 Å². The summed E-state index contributed by atoms with van der Waals surface area (Å²) in [6, 6.07) is 10.9. The third-order valence-electron chi connectivity index (χ3n) is 8.02. The van der Waals surface area contributed by atoms with Crippen LogP contribution >= 0.6 is 0 Å². The number of likely N-dealkylation sites (tertiary alicyclic amines) is 1. The molecule has 0 bridgehead atoms. The number of methoxy groups -OCH3 is 2. The molecular weight excluding hydrogens is 512 g/mol. The van der Waals surface area contributed by atoms with E-state index in [9.17, 15) is 14.7 Å². The van der Waals surface area contributed by atoms with Crippen LogP contribution in [0, 0.1) is 5.92 Å². The molecule has 2 heterocycles. The van der Waals surface area contributed by atoms with Gasteiger partial charge in [0.15, 0.2) is 11.5 Å². The number of unbranched alkanes of at least 4 members (excludes halogenated alkanes) is 2. The molecule has 4 rings (SSSR count). The number of carbonyl (C=O) groups is 2. The van der Waals surface area contributed by atoms with E-state index in [2.05, 4.69) is 18.7 Å². The lowest BCUT2D eigenvalue weighted by molar-refractivity contribution is -0.143. The Balaban J connectivity index is 1.70. The molecule has 2 aromatic carbocycles. The normalized spacial score (nSPS) is 19.9. The van der Waals surface area contributed by atoms with Crippen molar-refractivity contribution in [2.45, 2.75) is 57.9 Å². The molecule has 9 heteroatoms. The Hall–Kier alpha value is -3.46. The number of carboxylic acid groups (broad SMARTS) is 1. The van der Waals surface area contributed by atoms with Gasteiger partial charge in [0.05, 0.1) is 26.7 Å². The van der Waals surface area contributed by atoms with E-state index in [1.54, 1.807) is 14.2 Å². The number of rotatable bonds is 14. The van der Waals surface area contributed by atoms with Crippen LogP contribution in [0.3, 0.4) is 0 Å². The number of ether oxygens (including phenoxy) is 4. The van der Waals surface area contributed by atoms with Gasteiger partial charge >= 0.3 is 5.97 Å². The largest absolute Gasteiger partial charge is 0.496 e. The van der Waals surface area contributed by atoms with Gasteiger partial charge in [0.2, 0.25) is 18.4 Å². The minimum atomic E-state index is -0.898. The second-order valence-electron chi connectivity index (χ2n) is 10.5. The zero-order valence-corrected chi connectivity index (χ0v) is 24.1. The molecule has 1 fully saturated rings. The van der Waals surface area contributed by atoms with Crippen molar-refractivity contribution < 1.29 is 33.6 Å². The molecule has 0 saturated carbocycles. The standard InChI is InChI=1S/C31H42N2O7/c1-5-7-13-32(14-8-6-2)28(34)19-33-18-23(22-16-26(38-4)30-27(17-22)39-20-40-30)29(31(35)36)24(33)15-21-11-9-10-12-25(21)37-3/h9-12,16-17,23-24,29H,5-8,13-15,18-20H2,1-4H3,(H,35,36)/t23-,24+,29-/m1/s1. The highest BCUT2D eigenvalue weighted by Crippen LogP contribution is 2.47. The quantitative estimate of drug-likeness (QED) is 0.363. The van der Waals surface area contributed by atoms with Crippen molar-refractivity contribution in [3.8, 4) is 23.0 Å². The lowest BCUT2D eigenvalue weighted by Crippen LogP contribution is -2.45. The Bertz CT molecular complexity index is 1160. The van der Waals surface area contributed by atoms with Gasteiger partial charge < -0.3 is 29.0 Å². The molecule has 0 spiro atoms. The van der Waals surface area contributed by atoms with E-state index in [0.717, 1.165) is 36.8 Å². The molecular formula is C31H42N2O7. The number of amides is 1. The van der Waals surface area contributed by atoms with E-state index < -0.39 is 17.9 Å². The van der Waals surface area contributed by atoms with Gasteiger partial charge in [-0.2, -0.15) is 0 Å². The average molecular weight is 555 g/mol. The smallest absolute Gasteiger partial charge is 0.308 e. The van der Waals surface area contributed by atoms with Gasteiger partial charge in [-0.3, -0.25) is 14.5 Å². The molecule has 1 saturated heterocycles. The van der Waals surface area contributed by atoms with E-state index in [0.29, 0.717) is 49.1 Å². The molecule has 0 radical (unpaired) electrons. The van der Waals surface area contributed by atoms with Crippen LogP contribution < -0.4 is 18.9 Å². The Kier molecular flexibility index (Phi) is 10.1. The number of carboxylic acids is 1. The highest BCUT2D eigenvalue weighted by molar-refractivity contribution is 5.79. The number of hydrogen-bond donors (Lipinski definition) is 1. The molecule has 1 amide bonds. The predicted molar refractivity (Wildman–Crippen MR) is 151 cm³/mol. The summed E-state index contributed by atoms with van der Waals surface area (Å²) in [4.78, 5) is 30.6. The fourth-order valence-corrected chi connectivity index (χ4v) is 5.88. The summed E-state index contributed by atoms with van der Waals surface area (Å²) >= 11 is 0. The maximum Gasteiger partial charge on any atom is 0.308 e. The molecule has 0 unspecified atom stereocenters. The molecule has 40 heavy (non-hydrogen) atoms. The lowest BCUT2D eigenvalue weighted by atomic mass is 9.83. The molecule has 3 atom stereocenters. The van der Waals surface area contributed by atoms with Crippen molar-refractivity contribution >= 4 is 11.9 Å². The molecule has 2 aliphatic heterocycles. The first kappa shape index (κ1) is 29.5. The van der Waals surface area contributed by atoms with Gasteiger partial charge in [-0.05, 0) is 48.6 Å². The van der Waals surface area contributed by atoms with Gasteiger partial charge in [0.1, 0.15) is 5.75 Å². The second-order valence-corrected chi connectivity index (χ2v) is 10.5. The lowest BCUT2D eigenvalue weighted by Gasteiger charge is -2.30. The van der Waals surface area contributed by atoms with Crippen LogP contribution in [0.25, 0.3) is 0 Å². The first-order valence-corrected chi connectivity index (χ1v) is 14.3.